The highest BCUT2D eigenvalue weighted by molar-refractivity contribution is 5.95. The molecule has 7 heteroatoms. The highest BCUT2D eigenvalue weighted by Gasteiger charge is 2.26. The van der Waals surface area contributed by atoms with Gasteiger partial charge in [-0.3, -0.25) is 14.4 Å². The lowest BCUT2D eigenvalue weighted by atomic mass is 9.90. The molecule has 228 valence electrons. The molecule has 0 bridgehead atoms. The minimum absolute atomic E-state index is 0.0721. The highest BCUT2D eigenvalue weighted by atomic mass is 16.6. The Labute approximate surface area is 242 Å². The van der Waals surface area contributed by atoms with Crippen molar-refractivity contribution >= 4 is 17.7 Å². The van der Waals surface area contributed by atoms with Gasteiger partial charge in [0.25, 0.3) is 0 Å². The number of carbonyl (C=O) groups excluding carboxylic acids is 3. The minimum atomic E-state index is -0.831. The third kappa shape index (κ3) is 17.4. The maximum absolute atomic E-state index is 12.2. The summed E-state index contributed by atoms with van der Waals surface area (Å²) >= 11 is 0. The fourth-order valence-corrected chi connectivity index (χ4v) is 4.66. The fraction of sp³-hybridized carbons (Fsp3) is 0.727. The number of aliphatic hydroxyl groups is 2. The molecule has 0 heterocycles. The number of unbranched alkanes of at least 4 members (excludes halogenated alkanes) is 9. The van der Waals surface area contributed by atoms with Crippen LogP contribution in [0.3, 0.4) is 0 Å². The van der Waals surface area contributed by atoms with Crippen LogP contribution in [0.2, 0.25) is 0 Å². The average molecular weight is 563 g/mol. The average Bonchev–Trinajstić information content (AvgIpc) is 3.30. The lowest BCUT2D eigenvalue weighted by Gasteiger charge is -2.15. The molecular weight excluding hydrogens is 508 g/mol. The van der Waals surface area contributed by atoms with E-state index < -0.39 is 12.2 Å². The van der Waals surface area contributed by atoms with Gasteiger partial charge in [0.1, 0.15) is 6.61 Å². The second-order valence-corrected chi connectivity index (χ2v) is 10.8. The van der Waals surface area contributed by atoms with E-state index >= 15 is 0 Å². The largest absolute Gasteiger partial charge is 0.462 e. The fourth-order valence-electron chi connectivity index (χ4n) is 4.66. The Hall–Kier alpha value is -2.25. The third-order valence-corrected chi connectivity index (χ3v) is 7.18. The molecule has 0 aromatic carbocycles. The van der Waals surface area contributed by atoms with Crippen molar-refractivity contribution in [2.24, 2.45) is 11.8 Å². The zero-order valence-electron chi connectivity index (χ0n) is 24.9. The van der Waals surface area contributed by atoms with Gasteiger partial charge in [0, 0.05) is 18.8 Å². The van der Waals surface area contributed by atoms with Crippen molar-refractivity contribution in [1.82, 2.24) is 0 Å². The van der Waals surface area contributed by atoms with E-state index in [4.69, 9.17) is 9.47 Å². The van der Waals surface area contributed by atoms with Gasteiger partial charge in [-0.05, 0) is 44.1 Å². The van der Waals surface area contributed by atoms with Crippen LogP contribution in [0.5, 0.6) is 0 Å². The second kappa shape index (κ2) is 23.5. The molecule has 0 saturated heterocycles. The van der Waals surface area contributed by atoms with Gasteiger partial charge < -0.3 is 19.7 Å². The first-order valence-corrected chi connectivity index (χ1v) is 15.6. The van der Waals surface area contributed by atoms with Gasteiger partial charge in [0.05, 0.1) is 12.7 Å². The normalized spacial score (nSPS) is 18.6. The summed E-state index contributed by atoms with van der Waals surface area (Å²) in [5, 5.41) is 19.6. The van der Waals surface area contributed by atoms with E-state index in [1.165, 1.54) is 25.7 Å². The molecule has 0 aromatic heterocycles. The molecule has 40 heavy (non-hydrogen) atoms. The van der Waals surface area contributed by atoms with Crippen LogP contribution in [0.15, 0.2) is 36.5 Å². The monoisotopic (exact) mass is 562 g/mol. The number of allylic oxidation sites excluding steroid dienone is 5. The highest BCUT2D eigenvalue weighted by Crippen LogP contribution is 2.27. The summed E-state index contributed by atoms with van der Waals surface area (Å²) in [5.74, 6) is -0.834. The first-order chi connectivity index (χ1) is 19.4. The lowest BCUT2D eigenvalue weighted by Crippen LogP contribution is -2.28. The smallest absolute Gasteiger partial charge is 0.306 e. The second-order valence-electron chi connectivity index (χ2n) is 10.8. The van der Waals surface area contributed by atoms with Crippen LogP contribution in [0.1, 0.15) is 117 Å². The van der Waals surface area contributed by atoms with E-state index in [0.29, 0.717) is 19.3 Å². The molecule has 1 rings (SSSR count). The minimum Gasteiger partial charge on any atom is -0.462 e. The Bertz CT molecular complexity index is 786. The summed E-state index contributed by atoms with van der Waals surface area (Å²) in [6.45, 7) is 3.79. The van der Waals surface area contributed by atoms with Gasteiger partial charge in [0.15, 0.2) is 11.9 Å². The first kappa shape index (κ1) is 35.8. The molecule has 4 atom stereocenters. The number of hydrogen-bond donors (Lipinski definition) is 2. The molecule has 2 N–H and O–H groups in total. The van der Waals surface area contributed by atoms with Crippen molar-refractivity contribution in [1.29, 1.82) is 0 Å². The van der Waals surface area contributed by atoms with Gasteiger partial charge in [-0.25, -0.2) is 0 Å². The summed E-state index contributed by atoms with van der Waals surface area (Å²) in [5.41, 5.74) is 0. The van der Waals surface area contributed by atoms with Crippen molar-refractivity contribution in [3.63, 3.8) is 0 Å². The number of hydrogen-bond acceptors (Lipinski definition) is 7. The molecule has 0 fully saturated rings. The molecule has 1 aliphatic rings. The number of ether oxygens (including phenoxy) is 2. The molecule has 0 saturated carbocycles. The number of esters is 2. The Balaban J connectivity index is 2.20. The summed E-state index contributed by atoms with van der Waals surface area (Å²) in [6.07, 6.45) is 24.1. The third-order valence-electron chi connectivity index (χ3n) is 7.18. The summed E-state index contributed by atoms with van der Waals surface area (Å²) in [4.78, 5) is 36.3. The van der Waals surface area contributed by atoms with Crippen LogP contribution in [0.4, 0.5) is 0 Å². The van der Waals surface area contributed by atoms with Gasteiger partial charge in [-0.15, -0.1) is 0 Å². The maximum Gasteiger partial charge on any atom is 0.306 e. The Morgan fingerprint density at radius 3 is 2.33 bits per heavy atom. The Kier molecular flexibility index (Phi) is 21.0. The van der Waals surface area contributed by atoms with Gasteiger partial charge in [0.2, 0.25) is 0 Å². The molecule has 0 aliphatic heterocycles. The van der Waals surface area contributed by atoms with Crippen molar-refractivity contribution in [3.8, 4) is 0 Å². The van der Waals surface area contributed by atoms with E-state index in [0.717, 1.165) is 51.4 Å². The predicted octanol–water partition coefficient (Wildman–Crippen LogP) is 6.56. The molecule has 0 amide bonds. The van der Waals surface area contributed by atoms with Gasteiger partial charge in [-0.1, -0.05) is 102 Å². The topological polar surface area (TPSA) is 110 Å². The zero-order valence-corrected chi connectivity index (χ0v) is 24.9. The standard InChI is InChI=1S/C33H54O7/c1-3-5-7-8-9-10-16-20-33(38)40-29(25-34)26-39-32(37)19-15-12-11-14-17-27-21-24-31(36)30(27)23-22-28(35)18-13-6-4-2/h11,14,21-24,27-30,34-35H,3-10,12-13,15-20,25-26H2,1-2H3/b14-11-,23-22+/t27-,28-,29-,30+/m0/s1. The van der Waals surface area contributed by atoms with Crippen molar-refractivity contribution in [2.45, 2.75) is 129 Å². The van der Waals surface area contributed by atoms with E-state index in [1.807, 2.05) is 24.3 Å². The number of carbonyl (C=O) groups is 3. The van der Waals surface area contributed by atoms with Crippen LogP contribution in [-0.2, 0) is 23.9 Å². The van der Waals surface area contributed by atoms with Crippen LogP contribution < -0.4 is 0 Å². The molecule has 0 radical (unpaired) electrons. The summed E-state index contributed by atoms with van der Waals surface area (Å²) < 4.78 is 10.4. The molecule has 1 aliphatic carbocycles. The lowest BCUT2D eigenvalue weighted by molar-refractivity contribution is -0.161. The van der Waals surface area contributed by atoms with Gasteiger partial charge in [-0.2, -0.15) is 0 Å². The molecular formula is C33H54O7. The maximum atomic E-state index is 12.2. The van der Waals surface area contributed by atoms with Crippen LogP contribution in [0, 0.1) is 11.8 Å². The molecule has 0 unspecified atom stereocenters. The summed E-state index contributed by atoms with van der Waals surface area (Å²) in [6, 6.07) is 0. The van der Waals surface area contributed by atoms with Crippen molar-refractivity contribution in [3.05, 3.63) is 36.5 Å². The van der Waals surface area contributed by atoms with Gasteiger partial charge >= 0.3 is 11.9 Å². The van der Waals surface area contributed by atoms with E-state index in [9.17, 15) is 24.6 Å². The first-order valence-electron chi connectivity index (χ1n) is 15.6. The number of aliphatic hydroxyl groups excluding tert-OH is 2. The Morgan fingerprint density at radius 2 is 1.60 bits per heavy atom. The molecule has 7 nitrogen and oxygen atoms in total. The van der Waals surface area contributed by atoms with Crippen LogP contribution >= 0.6 is 0 Å². The predicted molar refractivity (Wildman–Crippen MR) is 159 cm³/mol. The summed E-state index contributed by atoms with van der Waals surface area (Å²) in [7, 11) is 0. The molecule has 0 aromatic rings. The van der Waals surface area contributed by atoms with E-state index in [2.05, 4.69) is 13.8 Å². The van der Waals surface area contributed by atoms with Crippen LogP contribution in [0.25, 0.3) is 0 Å². The zero-order chi connectivity index (χ0) is 29.4. The van der Waals surface area contributed by atoms with Crippen LogP contribution in [-0.4, -0.2) is 53.4 Å². The Morgan fingerprint density at radius 1 is 0.925 bits per heavy atom. The number of rotatable bonds is 24. The van der Waals surface area contributed by atoms with Crippen molar-refractivity contribution < 1.29 is 34.1 Å². The SMILES string of the molecule is CCCCCCCCCC(=O)O[C@@H](CO)COC(=O)CCC/C=C\C[C@H]1C=CC(=O)[C@@H]1/C=C/[C@@H](O)CCCCC. The van der Waals surface area contributed by atoms with Crippen molar-refractivity contribution in [2.75, 3.05) is 13.2 Å². The quantitative estimate of drug-likeness (QED) is 0.0779. The molecule has 0 spiro atoms. The van der Waals surface area contributed by atoms with E-state index in [1.54, 1.807) is 12.2 Å². The van der Waals surface area contributed by atoms with E-state index in [-0.39, 0.29) is 49.2 Å². The number of ketones is 1.